The maximum Gasteiger partial charge on any atom is 0.349 e. The van der Waals surface area contributed by atoms with Gasteiger partial charge in [0.1, 0.15) is 16.9 Å². The number of thiazole rings is 1. The van der Waals surface area contributed by atoms with Crippen molar-refractivity contribution in [2.24, 2.45) is 0 Å². The van der Waals surface area contributed by atoms with Crippen LogP contribution in [0.3, 0.4) is 0 Å². The molecule has 0 N–H and O–H groups in total. The number of methoxy groups -OCH3 is 1. The third kappa shape index (κ3) is 3.87. The van der Waals surface area contributed by atoms with Crippen molar-refractivity contribution >= 4 is 54.3 Å². The highest BCUT2D eigenvalue weighted by atomic mass is 32.1. The van der Waals surface area contributed by atoms with Crippen LogP contribution in [0, 0.1) is 0 Å². The highest BCUT2D eigenvalue weighted by Crippen LogP contribution is 2.33. The highest BCUT2D eigenvalue weighted by Gasteiger charge is 2.26. The van der Waals surface area contributed by atoms with Crippen LogP contribution in [-0.2, 0) is 6.54 Å². The fourth-order valence-corrected chi connectivity index (χ4v) is 5.19. The predicted octanol–water partition coefficient (Wildman–Crippen LogP) is 5.81. The molecule has 0 aliphatic carbocycles. The third-order valence-corrected chi connectivity index (χ3v) is 7.04. The summed E-state index contributed by atoms with van der Waals surface area (Å²) in [5, 5.41) is 3.05. The number of rotatable bonds is 5. The van der Waals surface area contributed by atoms with Crippen molar-refractivity contribution in [3.05, 3.63) is 107 Å². The highest BCUT2D eigenvalue weighted by molar-refractivity contribution is 7.22. The first kappa shape index (κ1) is 21.9. The lowest BCUT2D eigenvalue weighted by Crippen LogP contribution is -2.33. The molecule has 0 unspecified atom stereocenters. The minimum absolute atomic E-state index is 0.0559. The number of anilines is 1. The average molecular weight is 494 g/mol. The second-order valence-corrected chi connectivity index (χ2v) is 9.24. The molecule has 0 spiro atoms. The molecule has 6 rings (SSSR count). The van der Waals surface area contributed by atoms with Gasteiger partial charge in [0.2, 0.25) is 0 Å². The number of benzene rings is 3. The van der Waals surface area contributed by atoms with Gasteiger partial charge in [-0.05, 0) is 52.7 Å². The first-order valence-corrected chi connectivity index (χ1v) is 12.0. The number of amides is 1. The summed E-state index contributed by atoms with van der Waals surface area (Å²) in [4.78, 5) is 37.3. The van der Waals surface area contributed by atoms with E-state index in [1.165, 1.54) is 16.2 Å². The molecule has 36 heavy (non-hydrogen) atoms. The summed E-state index contributed by atoms with van der Waals surface area (Å²) in [6, 6.07) is 22.3. The maximum absolute atomic E-state index is 13.9. The Morgan fingerprint density at radius 3 is 2.75 bits per heavy atom. The number of ether oxygens (including phenoxy) is 1. The topological polar surface area (TPSA) is 85.5 Å². The number of fused-ring (bicyclic) bond motifs is 4. The number of carbonyl (C=O) groups is 1. The second kappa shape index (κ2) is 8.90. The normalized spacial score (nSPS) is 11.2. The van der Waals surface area contributed by atoms with Gasteiger partial charge in [-0.2, -0.15) is 0 Å². The fourth-order valence-electron chi connectivity index (χ4n) is 4.20. The van der Waals surface area contributed by atoms with Crippen LogP contribution in [0.1, 0.15) is 15.9 Å². The second-order valence-electron chi connectivity index (χ2n) is 8.23. The number of aromatic nitrogens is 2. The van der Waals surface area contributed by atoms with Gasteiger partial charge in [0, 0.05) is 17.8 Å². The molecule has 6 aromatic rings. The maximum atomic E-state index is 13.9. The minimum atomic E-state index is -0.693. The van der Waals surface area contributed by atoms with Crippen molar-refractivity contribution in [2.45, 2.75) is 6.54 Å². The monoisotopic (exact) mass is 493 g/mol. The lowest BCUT2D eigenvalue weighted by molar-refractivity contribution is 0.0981. The number of carbonyl (C=O) groups excluding carboxylic acids is 1. The van der Waals surface area contributed by atoms with E-state index in [4.69, 9.17) is 9.15 Å². The summed E-state index contributed by atoms with van der Waals surface area (Å²) in [6.45, 7) is 0.191. The third-order valence-electron chi connectivity index (χ3n) is 6.00. The van der Waals surface area contributed by atoms with Crippen molar-refractivity contribution in [1.29, 1.82) is 0 Å². The molecule has 0 radical (unpaired) electrons. The van der Waals surface area contributed by atoms with Gasteiger partial charge in [0.25, 0.3) is 5.91 Å². The zero-order valence-corrected chi connectivity index (χ0v) is 20.0. The van der Waals surface area contributed by atoms with Crippen molar-refractivity contribution in [1.82, 2.24) is 9.97 Å². The van der Waals surface area contributed by atoms with E-state index in [-0.39, 0.29) is 12.1 Å². The van der Waals surface area contributed by atoms with Gasteiger partial charge in [-0.15, -0.1) is 0 Å². The largest absolute Gasteiger partial charge is 0.497 e. The number of pyridine rings is 1. The van der Waals surface area contributed by atoms with E-state index in [9.17, 15) is 9.59 Å². The number of hydrogen-bond acceptors (Lipinski definition) is 7. The molecule has 0 saturated carbocycles. The molecule has 0 aliphatic rings. The van der Waals surface area contributed by atoms with E-state index in [0.29, 0.717) is 21.9 Å². The Morgan fingerprint density at radius 1 is 1.03 bits per heavy atom. The molecule has 8 heteroatoms. The van der Waals surface area contributed by atoms with Gasteiger partial charge in [0.05, 0.1) is 23.9 Å². The molecule has 3 aromatic carbocycles. The van der Waals surface area contributed by atoms with Crippen LogP contribution in [0.5, 0.6) is 5.75 Å². The Morgan fingerprint density at radius 2 is 1.92 bits per heavy atom. The first-order chi connectivity index (χ1) is 17.6. The number of hydrogen-bond donors (Lipinski definition) is 0. The molecular weight excluding hydrogens is 474 g/mol. The smallest absolute Gasteiger partial charge is 0.349 e. The van der Waals surface area contributed by atoms with Crippen LogP contribution in [0.25, 0.3) is 32.0 Å². The van der Waals surface area contributed by atoms with Crippen LogP contribution in [0.4, 0.5) is 5.13 Å². The standard InChI is InChI=1S/C28H19N3O4S/c1-34-19-9-10-23-25(13-19)36-28(30-23)31(16-17-5-4-12-29-15-17)26(32)22-14-21-20-7-3-2-6-18(20)8-11-24(21)35-27(22)33/h2-15H,16H2,1H3. The van der Waals surface area contributed by atoms with Gasteiger partial charge in [-0.1, -0.05) is 47.7 Å². The summed E-state index contributed by atoms with van der Waals surface area (Å²) in [5.41, 5.74) is 1.22. The number of nitrogens with zero attached hydrogens (tertiary/aromatic N) is 3. The predicted molar refractivity (Wildman–Crippen MR) is 141 cm³/mol. The van der Waals surface area contributed by atoms with Gasteiger partial charge < -0.3 is 9.15 Å². The molecule has 0 saturated heterocycles. The summed E-state index contributed by atoms with van der Waals surface area (Å²) < 4.78 is 11.8. The van der Waals surface area contributed by atoms with E-state index in [2.05, 4.69) is 9.97 Å². The Hall–Kier alpha value is -4.56. The minimum Gasteiger partial charge on any atom is -0.497 e. The molecule has 7 nitrogen and oxygen atoms in total. The molecule has 3 heterocycles. The van der Waals surface area contributed by atoms with Crippen LogP contribution in [0.15, 0.2) is 94.4 Å². The van der Waals surface area contributed by atoms with Gasteiger partial charge >= 0.3 is 5.63 Å². The Balaban J connectivity index is 1.51. The van der Waals surface area contributed by atoms with Gasteiger partial charge in [0.15, 0.2) is 5.13 Å². The van der Waals surface area contributed by atoms with E-state index in [0.717, 1.165) is 26.6 Å². The fraction of sp³-hybridized carbons (Fsp3) is 0.0714. The SMILES string of the molecule is COc1ccc2nc(N(Cc3cccnc3)C(=O)c3cc4c(ccc5ccccc54)oc3=O)sc2c1. The molecule has 3 aromatic heterocycles. The van der Waals surface area contributed by atoms with E-state index >= 15 is 0 Å². The first-order valence-electron chi connectivity index (χ1n) is 11.2. The molecule has 0 bridgehead atoms. The molecule has 176 valence electrons. The lowest BCUT2D eigenvalue weighted by atomic mass is 10.0. The lowest BCUT2D eigenvalue weighted by Gasteiger charge is -2.19. The molecular formula is C28H19N3O4S. The van der Waals surface area contributed by atoms with Crippen molar-refractivity contribution in [2.75, 3.05) is 12.0 Å². The molecule has 1 amide bonds. The molecule has 0 aliphatic heterocycles. The molecule has 0 atom stereocenters. The van der Waals surface area contributed by atoms with Gasteiger partial charge in [-0.25, -0.2) is 9.78 Å². The van der Waals surface area contributed by atoms with Crippen molar-refractivity contribution in [3.63, 3.8) is 0 Å². The Labute approximate surface area is 209 Å². The zero-order valence-electron chi connectivity index (χ0n) is 19.2. The van der Waals surface area contributed by atoms with Crippen LogP contribution < -0.4 is 15.3 Å². The van der Waals surface area contributed by atoms with Gasteiger partial charge in [-0.3, -0.25) is 14.7 Å². The summed E-state index contributed by atoms with van der Waals surface area (Å²) in [5.74, 6) is 0.207. The molecule has 0 fully saturated rings. The quantitative estimate of drug-likeness (QED) is 0.223. The van der Waals surface area contributed by atoms with E-state index in [1.807, 2.05) is 54.6 Å². The zero-order chi connectivity index (χ0) is 24.6. The van der Waals surface area contributed by atoms with Crippen LogP contribution in [-0.4, -0.2) is 23.0 Å². The summed E-state index contributed by atoms with van der Waals surface area (Å²) in [6.07, 6.45) is 3.36. The van der Waals surface area contributed by atoms with Crippen LogP contribution >= 0.6 is 11.3 Å². The summed E-state index contributed by atoms with van der Waals surface area (Å²) >= 11 is 1.35. The van der Waals surface area contributed by atoms with Crippen molar-refractivity contribution < 1.29 is 13.9 Å². The average Bonchev–Trinajstić information content (AvgIpc) is 3.34. The Bertz CT molecular complexity index is 1810. The van der Waals surface area contributed by atoms with E-state index < -0.39 is 11.5 Å². The summed E-state index contributed by atoms with van der Waals surface area (Å²) in [7, 11) is 1.60. The van der Waals surface area contributed by atoms with E-state index in [1.54, 1.807) is 37.7 Å². The van der Waals surface area contributed by atoms with Crippen LogP contribution in [0.2, 0.25) is 0 Å². The Kier molecular flexibility index (Phi) is 5.42. The van der Waals surface area contributed by atoms with Crippen molar-refractivity contribution in [3.8, 4) is 5.75 Å².